The van der Waals surface area contributed by atoms with E-state index in [2.05, 4.69) is 20.6 Å². The summed E-state index contributed by atoms with van der Waals surface area (Å²) in [5, 5.41) is 15.4. The maximum atomic E-state index is 12.0. The molecule has 0 saturated carbocycles. The SMILES string of the molecule is Cc1cc(Nc2nc3cc(Oc4ccnc(C(=O)NCCO)c4)ccc3n2C)ccc1Cl. The van der Waals surface area contributed by atoms with Crippen molar-refractivity contribution >= 4 is 40.2 Å². The molecule has 0 saturated heterocycles. The first-order valence-electron chi connectivity index (χ1n) is 9.97. The second-order valence-electron chi connectivity index (χ2n) is 7.19. The molecule has 32 heavy (non-hydrogen) atoms. The Morgan fingerprint density at radius 3 is 2.75 bits per heavy atom. The number of halogens is 1. The topological polar surface area (TPSA) is 101 Å². The summed E-state index contributed by atoms with van der Waals surface area (Å²) < 4.78 is 7.88. The molecule has 0 aliphatic carbocycles. The minimum atomic E-state index is -0.377. The molecule has 164 valence electrons. The van der Waals surface area contributed by atoms with Crippen molar-refractivity contribution < 1.29 is 14.6 Å². The zero-order valence-electron chi connectivity index (χ0n) is 17.6. The Balaban J connectivity index is 1.55. The van der Waals surface area contributed by atoms with Gasteiger partial charge in [-0.2, -0.15) is 0 Å². The molecular weight excluding hydrogens is 430 g/mol. The van der Waals surface area contributed by atoms with Gasteiger partial charge in [-0.25, -0.2) is 4.98 Å². The molecule has 8 nitrogen and oxygen atoms in total. The maximum Gasteiger partial charge on any atom is 0.270 e. The van der Waals surface area contributed by atoms with Gasteiger partial charge in [-0.05, 0) is 48.9 Å². The smallest absolute Gasteiger partial charge is 0.270 e. The maximum absolute atomic E-state index is 12.0. The fourth-order valence-electron chi connectivity index (χ4n) is 3.20. The number of aryl methyl sites for hydroxylation is 2. The van der Waals surface area contributed by atoms with Crippen LogP contribution in [-0.4, -0.2) is 38.7 Å². The number of amides is 1. The molecule has 2 aromatic carbocycles. The highest BCUT2D eigenvalue weighted by Gasteiger charge is 2.12. The zero-order valence-corrected chi connectivity index (χ0v) is 18.3. The Labute approximate surface area is 189 Å². The molecule has 0 radical (unpaired) electrons. The second kappa shape index (κ2) is 9.25. The number of aromatic nitrogens is 3. The molecule has 0 atom stereocenters. The molecule has 0 fully saturated rings. The number of anilines is 2. The Morgan fingerprint density at radius 2 is 1.97 bits per heavy atom. The van der Waals surface area contributed by atoms with Gasteiger partial charge >= 0.3 is 0 Å². The van der Waals surface area contributed by atoms with Gasteiger partial charge in [-0.1, -0.05) is 11.6 Å². The van der Waals surface area contributed by atoms with Crippen LogP contribution in [0.4, 0.5) is 11.6 Å². The minimum Gasteiger partial charge on any atom is -0.457 e. The predicted octanol–water partition coefficient (Wildman–Crippen LogP) is 4.19. The molecule has 2 heterocycles. The van der Waals surface area contributed by atoms with Crippen molar-refractivity contribution in [3.05, 3.63) is 71.0 Å². The van der Waals surface area contributed by atoms with Crippen molar-refractivity contribution in [1.29, 1.82) is 0 Å². The molecule has 9 heteroatoms. The first-order chi connectivity index (χ1) is 15.4. The molecule has 0 bridgehead atoms. The summed E-state index contributed by atoms with van der Waals surface area (Å²) in [5.41, 5.74) is 3.77. The average molecular weight is 452 g/mol. The number of fused-ring (bicyclic) bond motifs is 1. The number of hydrogen-bond donors (Lipinski definition) is 3. The van der Waals surface area contributed by atoms with Gasteiger partial charge in [0.05, 0.1) is 17.6 Å². The van der Waals surface area contributed by atoms with E-state index in [1.54, 1.807) is 12.1 Å². The molecule has 1 amide bonds. The number of nitrogens with zero attached hydrogens (tertiary/aromatic N) is 3. The number of rotatable bonds is 7. The summed E-state index contributed by atoms with van der Waals surface area (Å²) in [4.78, 5) is 20.8. The number of aliphatic hydroxyl groups is 1. The lowest BCUT2D eigenvalue weighted by Crippen LogP contribution is -2.27. The second-order valence-corrected chi connectivity index (χ2v) is 7.60. The standard InChI is InChI=1S/C23H22ClN5O3/c1-14-11-15(3-5-18(14)24)27-23-28-19-12-16(4-6-21(19)29(23)2)32-17-7-8-25-20(13-17)22(31)26-9-10-30/h3-8,11-13,30H,9-10H2,1-2H3,(H,26,31)(H,27,28). The van der Waals surface area contributed by atoms with E-state index < -0.39 is 0 Å². The van der Waals surface area contributed by atoms with E-state index in [4.69, 9.17) is 21.4 Å². The first-order valence-corrected chi connectivity index (χ1v) is 10.3. The van der Waals surface area contributed by atoms with E-state index in [1.165, 1.54) is 6.20 Å². The third-order valence-electron chi connectivity index (χ3n) is 4.86. The molecule has 4 aromatic rings. The summed E-state index contributed by atoms with van der Waals surface area (Å²) in [6.45, 7) is 1.97. The monoisotopic (exact) mass is 451 g/mol. The van der Waals surface area contributed by atoms with E-state index in [9.17, 15) is 4.79 Å². The van der Waals surface area contributed by atoms with Crippen LogP contribution < -0.4 is 15.4 Å². The van der Waals surface area contributed by atoms with E-state index >= 15 is 0 Å². The number of benzene rings is 2. The van der Waals surface area contributed by atoms with Crippen molar-refractivity contribution in [1.82, 2.24) is 19.9 Å². The van der Waals surface area contributed by atoms with E-state index in [0.29, 0.717) is 22.5 Å². The van der Waals surface area contributed by atoms with Gasteiger partial charge in [0, 0.05) is 42.6 Å². The molecular formula is C23H22ClN5O3. The van der Waals surface area contributed by atoms with Crippen LogP contribution in [0.25, 0.3) is 11.0 Å². The average Bonchev–Trinajstić information content (AvgIpc) is 3.09. The van der Waals surface area contributed by atoms with Crippen molar-refractivity contribution in [2.45, 2.75) is 6.92 Å². The number of carbonyl (C=O) groups excluding carboxylic acids is 1. The van der Waals surface area contributed by atoms with Crippen LogP contribution in [0.3, 0.4) is 0 Å². The van der Waals surface area contributed by atoms with Crippen LogP contribution in [0, 0.1) is 6.92 Å². The van der Waals surface area contributed by atoms with Gasteiger partial charge in [0.15, 0.2) is 0 Å². The number of carbonyl (C=O) groups is 1. The molecule has 0 spiro atoms. The number of hydrogen-bond acceptors (Lipinski definition) is 6. The predicted molar refractivity (Wildman–Crippen MR) is 124 cm³/mol. The highest BCUT2D eigenvalue weighted by atomic mass is 35.5. The van der Waals surface area contributed by atoms with Gasteiger partial charge < -0.3 is 25.0 Å². The zero-order chi connectivity index (χ0) is 22.7. The van der Waals surface area contributed by atoms with E-state index in [0.717, 1.165) is 22.3 Å². The highest BCUT2D eigenvalue weighted by Crippen LogP contribution is 2.29. The summed E-state index contributed by atoms with van der Waals surface area (Å²) in [6.07, 6.45) is 1.50. The lowest BCUT2D eigenvalue weighted by atomic mass is 10.2. The van der Waals surface area contributed by atoms with Crippen molar-refractivity contribution in [3.63, 3.8) is 0 Å². The lowest BCUT2D eigenvalue weighted by molar-refractivity contribution is 0.0939. The van der Waals surface area contributed by atoms with Crippen molar-refractivity contribution in [2.24, 2.45) is 7.05 Å². The third kappa shape index (κ3) is 4.66. The number of imidazole rings is 1. The van der Waals surface area contributed by atoms with E-state index in [-0.39, 0.29) is 24.8 Å². The Morgan fingerprint density at radius 1 is 1.16 bits per heavy atom. The van der Waals surface area contributed by atoms with Gasteiger partial charge in [-0.15, -0.1) is 0 Å². The Kier molecular flexibility index (Phi) is 6.25. The lowest BCUT2D eigenvalue weighted by Gasteiger charge is -2.08. The summed E-state index contributed by atoms with van der Waals surface area (Å²) in [7, 11) is 1.93. The third-order valence-corrected chi connectivity index (χ3v) is 5.29. The van der Waals surface area contributed by atoms with Crippen LogP contribution in [0.5, 0.6) is 11.5 Å². The van der Waals surface area contributed by atoms with Crippen LogP contribution in [-0.2, 0) is 7.05 Å². The fourth-order valence-corrected chi connectivity index (χ4v) is 3.32. The Bertz CT molecular complexity index is 1290. The van der Waals surface area contributed by atoms with Crippen LogP contribution >= 0.6 is 11.6 Å². The number of ether oxygens (including phenoxy) is 1. The van der Waals surface area contributed by atoms with Crippen molar-refractivity contribution in [3.8, 4) is 11.5 Å². The summed E-state index contributed by atoms with van der Waals surface area (Å²) in [6, 6.07) is 14.5. The first kappa shape index (κ1) is 21.6. The van der Waals surface area contributed by atoms with Crippen LogP contribution in [0.1, 0.15) is 16.1 Å². The van der Waals surface area contributed by atoms with Gasteiger partial charge in [-0.3, -0.25) is 9.78 Å². The molecule has 4 rings (SSSR count). The molecule has 0 aliphatic rings. The molecule has 0 unspecified atom stereocenters. The molecule has 2 aromatic heterocycles. The fraction of sp³-hybridized carbons (Fsp3) is 0.174. The highest BCUT2D eigenvalue weighted by molar-refractivity contribution is 6.31. The number of aliphatic hydroxyl groups excluding tert-OH is 1. The largest absolute Gasteiger partial charge is 0.457 e. The molecule has 0 aliphatic heterocycles. The normalized spacial score (nSPS) is 10.9. The van der Waals surface area contributed by atoms with E-state index in [1.807, 2.05) is 54.9 Å². The molecule has 3 N–H and O–H groups in total. The summed E-state index contributed by atoms with van der Waals surface area (Å²) >= 11 is 6.11. The Hall–Kier alpha value is -3.62. The van der Waals surface area contributed by atoms with Gasteiger partial charge in [0.25, 0.3) is 5.91 Å². The van der Waals surface area contributed by atoms with Gasteiger partial charge in [0.1, 0.15) is 17.2 Å². The quantitative estimate of drug-likeness (QED) is 0.389. The van der Waals surface area contributed by atoms with Crippen LogP contribution in [0.2, 0.25) is 5.02 Å². The number of pyridine rings is 1. The van der Waals surface area contributed by atoms with Crippen molar-refractivity contribution in [2.75, 3.05) is 18.5 Å². The van der Waals surface area contributed by atoms with Gasteiger partial charge in [0.2, 0.25) is 5.95 Å². The van der Waals surface area contributed by atoms with Crippen LogP contribution in [0.15, 0.2) is 54.7 Å². The number of nitrogens with one attached hydrogen (secondary N) is 2. The summed E-state index contributed by atoms with van der Waals surface area (Å²) in [5.74, 6) is 1.36. The minimum absolute atomic E-state index is 0.138.